The molecule has 2 aliphatic rings. The van der Waals surface area contributed by atoms with E-state index in [0.29, 0.717) is 5.57 Å². The Labute approximate surface area is 304 Å². The molecule has 0 atom stereocenters. The fourth-order valence-corrected chi connectivity index (χ4v) is 6.34. The topological polar surface area (TPSA) is 115 Å². The summed E-state index contributed by atoms with van der Waals surface area (Å²) in [4.78, 5) is 1.85. The number of likely N-dealkylation sites (N-methyl/N-ethyl adjacent to an activating group) is 1. The zero-order valence-electron chi connectivity index (χ0n) is 29.6. The minimum Gasteiger partial charge on any atom is -0.480 e. The lowest BCUT2D eigenvalue weighted by Crippen LogP contribution is -2.23. The molecule has 1 aliphatic carbocycles. The van der Waals surface area contributed by atoms with Crippen molar-refractivity contribution in [2.24, 2.45) is 5.41 Å². The first-order chi connectivity index (χ1) is 25.1. The first kappa shape index (κ1) is 38.0. The van der Waals surface area contributed by atoms with Crippen molar-refractivity contribution in [1.82, 2.24) is 15.0 Å². The monoisotopic (exact) mass is 723 g/mol. The molecule has 2 heterocycles. The molecule has 5 rings (SSSR count). The van der Waals surface area contributed by atoms with Gasteiger partial charge in [0.2, 0.25) is 5.82 Å². The third kappa shape index (κ3) is 7.98. The predicted molar refractivity (Wildman–Crippen MR) is 188 cm³/mol. The van der Waals surface area contributed by atoms with Crippen LogP contribution in [0, 0.1) is 68.5 Å². The van der Waals surface area contributed by atoms with E-state index in [1.165, 1.54) is 0 Å². The molecule has 1 aliphatic heterocycles. The summed E-state index contributed by atoms with van der Waals surface area (Å²) in [6.07, 6.45) is 14.5. The summed E-state index contributed by atoms with van der Waals surface area (Å²) in [6.45, 7) is 8.26. The van der Waals surface area contributed by atoms with Crippen molar-refractivity contribution in [1.29, 1.82) is 15.8 Å². The van der Waals surface area contributed by atoms with E-state index >= 15 is 0 Å². The highest BCUT2D eigenvalue weighted by Crippen LogP contribution is 2.41. The molecule has 0 N–H and O–H groups in total. The maximum atomic E-state index is 14.4. The van der Waals surface area contributed by atoms with Gasteiger partial charge in [0, 0.05) is 24.9 Å². The second kappa shape index (κ2) is 15.1. The standard InChI is InChI=1S/C40H34F5N7O/c1-39(2)18-25(7-6-8-30-29(22-48)38(27(20-46)21-47)53-40(30,3)4)17-26(19-39)10-9-24-11-13-28(14-12-24)51(5)15-16-52-31(23-49-50-52)32-33(41)35(43)37(45)36(44)34(32)42/h6-14,17,23H,15-16,18-19H2,1-5H3. The van der Waals surface area contributed by atoms with Crippen LogP contribution in [-0.2, 0) is 11.3 Å². The summed E-state index contributed by atoms with van der Waals surface area (Å²) < 4.78 is 77.0. The van der Waals surface area contributed by atoms with Crippen LogP contribution in [0.2, 0.25) is 0 Å². The Kier molecular flexibility index (Phi) is 10.9. The maximum absolute atomic E-state index is 14.4. The van der Waals surface area contributed by atoms with Gasteiger partial charge >= 0.3 is 0 Å². The van der Waals surface area contributed by atoms with Gasteiger partial charge < -0.3 is 9.64 Å². The number of hydrogen-bond donors (Lipinski definition) is 0. The number of aromatic nitrogens is 3. The van der Waals surface area contributed by atoms with Crippen molar-refractivity contribution in [3.8, 4) is 29.5 Å². The molecule has 0 unspecified atom stereocenters. The highest BCUT2D eigenvalue weighted by atomic mass is 19.2. The number of allylic oxidation sites excluding steroid dienone is 8. The maximum Gasteiger partial charge on any atom is 0.200 e. The normalized spacial score (nSPS) is 17.2. The third-order valence-electron chi connectivity index (χ3n) is 8.93. The molecular formula is C40H34F5N7O. The van der Waals surface area contributed by atoms with Gasteiger partial charge in [-0.3, -0.25) is 0 Å². The first-order valence-electron chi connectivity index (χ1n) is 16.5. The average molecular weight is 724 g/mol. The van der Waals surface area contributed by atoms with Gasteiger partial charge in [0.05, 0.1) is 24.0 Å². The average Bonchev–Trinajstić information content (AvgIpc) is 3.68. The molecule has 13 heteroatoms. The van der Waals surface area contributed by atoms with Crippen LogP contribution >= 0.6 is 0 Å². The fraction of sp³-hybridized carbons (Fsp3) is 0.275. The Morgan fingerprint density at radius 3 is 2.17 bits per heavy atom. The van der Waals surface area contributed by atoms with Crippen LogP contribution in [0.3, 0.4) is 0 Å². The molecule has 0 saturated carbocycles. The van der Waals surface area contributed by atoms with Gasteiger partial charge in [-0.1, -0.05) is 67.6 Å². The Hall–Kier alpha value is -6.26. The van der Waals surface area contributed by atoms with Gasteiger partial charge in [0.1, 0.15) is 29.4 Å². The molecule has 53 heavy (non-hydrogen) atoms. The number of anilines is 1. The molecule has 0 bridgehead atoms. The van der Waals surface area contributed by atoms with Crippen molar-refractivity contribution in [2.75, 3.05) is 18.5 Å². The van der Waals surface area contributed by atoms with Gasteiger partial charge in [0.25, 0.3) is 0 Å². The number of rotatable bonds is 9. The Morgan fingerprint density at radius 2 is 1.55 bits per heavy atom. The summed E-state index contributed by atoms with van der Waals surface area (Å²) in [7, 11) is 1.79. The van der Waals surface area contributed by atoms with E-state index in [1.807, 2.05) is 47.4 Å². The van der Waals surface area contributed by atoms with Crippen molar-refractivity contribution in [3.05, 3.63) is 129 Å². The molecule has 1 aromatic heterocycles. The molecule has 3 aromatic rings. The van der Waals surface area contributed by atoms with Crippen LogP contribution in [0.4, 0.5) is 27.6 Å². The van der Waals surface area contributed by atoms with E-state index in [2.05, 4.69) is 42.4 Å². The Bertz CT molecular complexity index is 2230. The summed E-state index contributed by atoms with van der Waals surface area (Å²) >= 11 is 0. The number of hydrogen-bond acceptors (Lipinski definition) is 7. The lowest BCUT2D eigenvalue weighted by molar-refractivity contribution is 0.0954. The number of nitrogens with zero attached hydrogens (tertiary/aromatic N) is 7. The van der Waals surface area contributed by atoms with Gasteiger partial charge in [-0.05, 0) is 60.9 Å². The fourth-order valence-electron chi connectivity index (χ4n) is 6.34. The van der Waals surface area contributed by atoms with Crippen LogP contribution in [0.25, 0.3) is 17.3 Å². The van der Waals surface area contributed by atoms with Crippen LogP contribution in [0.1, 0.15) is 46.1 Å². The van der Waals surface area contributed by atoms with Crippen molar-refractivity contribution < 1.29 is 26.7 Å². The molecule has 0 saturated heterocycles. The number of ether oxygens (including phenoxy) is 1. The second-order valence-corrected chi connectivity index (χ2v) is 13.9. The molecule has 2 aromatic carbocycles. The quantitative estimate of drug-likeness (QED) is 0.0937. The molecular weight excluding hydrogens is 689 g/mol. The van der Waals surface area contributed by atoms with Gasteiger partial charge in [-0.25, -0.2) is 26.6 Å². The molecule has 0 radical (unpaired) electrons. The molecule has 0 fully saturated rings. The number of halogens is 5. The van der Waals surface area contributed by atoms with E-state index in [1.54, 1.807) is 39.1 Å². The molecule has 0 amide bonds. The first-order valence-corrected chi connectivity index (χ1v) is 16.5. The SMILES string of the molecule is CN(CCn1nncc1-c1c(F)c(F)c(F)c(F)c1F)c1ccc(C=CC2=CC(=CC=CC3=C(C#N)C(=C(C#N)C#N)OC3(C)C)CC(C)(C)C2)cc1. The van der Waals surface area contributed by atoms with Gasteiger partial charge in [0.15, 0.2) is 34.6 Å². The summed E-state index contributed by atoms with van der Waals surface area (Å²) in [6, 6.07) is 13.4. The van der Waals surface area contributed by atoms with Crippen molar-refractivity contribution in [3.63, 3.8) is 0 Å². The highest BCUT2D eigenvalue weighted by Gasteiger charge is 2.38. The van der Waals surface area contributed by atoms with Crippen molar-refractivity contribution >= 4 is 11.8 Å². The van der Waals surface area contributed by atoms with Gasteiger partial charge in [-0.2, -0.15) is 15.8 Å². The van der Waals surface area contributed by atoms with E-state index in [9.17, 15) is 37.7 Å². The zero-order chi connectivity index (χ0) is 38.7. The number of benzene rings is 2. The van der Waals surface area contributed by atoms with Gasteiger partial charge in [-0.15, -0.1) is 5.10 Å². The van der Waals surface area contributed by atoms with E-state index in [0.717, 1.165) is 46.1 Å². The number of nitriles is 3. The Morgan fingerprint density at radius 1 is 0.906 bits per heavy atom. The lowest BCUT2D eigenvalue weighted by Gasteiger charge is -2.30. The Balaban J connectivity index is 1.28. The summed E-state index contributed by atoms with van der Waals surface area (Å²) in [5.41, 5.74) is 2.14. The van der Waals surface area contributed by atoms with Crippen LogP contribution in [0.5, 0.6) is 0 Å². The third-order valence-corrected chi connectivity index (χ3v) is 8.93. The summed E-state index contributed by atoms with van der Waals surface area (Å²) in [5.74, 6) is -10.2. The lowest BCUT2D eigenvalue weighted by atomic mass is 9.75. The van der Waals surface area contributed by atoms with Crippen molar-refractivity contribution in [2.45, 2.75) is 52.7 Å². The van der Waals surface area contributed by atoms with E-state index < -0.39 is 40.3 Å². The molecule has 8 nitrogen and oxygen atoms in total. The molecule has 0 spiro atoms. The minimum atomic E-state index is -2.23. The molecule has 270 valence electrons. The smallest absolute Gasteiger partial charge is 0.200 e. The predicted octanol–water partition coefficient (Wildman–Crippen LogP) is 8.95. The van der Waals surface area contributed by atoms with E-state index in [4.69, 9.17) is 4.74 Å². The van der Waals surface area contributed by atoms with E-state index in [-0.39, 0.29) is 41.1 Å². The summed E-state index contributed by atoms with van der Waals surface area (Å²) in [5, 5.41) is 35.8. The minimum absolute atomic E-state index is 0.00210. The van der Waals surface area contributed by atoms with Crippen LogP contribution in [-0.4, -0.2) is 34.2 Å². The second-order valence-electron chi connectivity index (χ2n) is 13.9. The zero-order valence-corrected chi connectivity index (χ0v) is 29.6. The largest absolute Gasteiger partial charge is 0.480 e. The van der Waals surface area contributed by atoms with Crippen LogP contribution < -0.4 is 4.90 Å². The highest BCUT2D eigenvalue weighted by molar-refractivity contribution is 5.62. The van der Waals surface area contributed by atoms with Crippen LogP contribution in [0.15, 0.2) is 94.5 Å².